The highest BCUT2D eigenvalue weighted by Crippen LogP contribution is 2.29. The van der Waals surface area contributed by atoms with Crippen molar-refractivity contribution < 1.29 is 14.3 Å². The van der Waals surface area contributed by atoms with Gasteiger partial charge in [-0.1, -0.05) is 18.2 Å². The number of nitrogens with one attached hydrogen (secondary N) is 1. The van der Waals surface area contributed by atoms with Crippen molar-refractivity contribution in [3.8, 4) is 0 Å². The molecule has 8 heteroatoms. The lowest BCUT2D eigenvalue weighted by Crippen LogP contribution is -2.49. The Morgan fingerprint density at radius 1 is 1.48 bits per heavy atom. The Balaban J connectivity index is 1.59. The number of rotatable bonds is 5. The van der Waals surface area contributed by atoms with Crippen molar-refractivity contribution in [2.24, 2.45) is 0 Å². The Morgan fingerprint density at radius 2 is 2.28 bits per heavy atom. The number of carbonyl (C=O) groups is 1. The zero-order valence-electron chi connectivity index (χ0n) is 14.2. The number of aromatic amines is 1. The van der Waals surface area contributed by atoms with E-state index < -0.39 is 5.60 Å². The number of aromatic nitrogens is 3. The molecule has 1 aromatic heterocycles. The number of likely N-dealkylation sites (tertiary alicyclic amines) is 1. The van der Waals surface area contributed by atoms with Crippen LogP contribution < -0.4 is 0 Å². The second kappa shape index (κ2) is 7.28. The fraction of sp³-hybridized carbons (Fsp3) is 0.471. The summed E-state index contributed by atoms with van der Waals surface area (Å²) in [4.78, 5) is 15.9. The Morgan fingerprint density at radius 3 is 3.00 bits per heavy atom. The summed E-state index contributed by atoms with van der Waals surface area (Å²) >= 11 is 0. The SMILES string of the molecule is CN(Cc1ccccc1F)C(=O)CN1CCCC(O)(c2cn[nH]n2)C1. The molecule has 0 aliphatic carbocycles. The van der Waals surface area contributed by atoms with Gasteiger partial charge in [-0.2, -0.15) is 15.4 Å². The lowest BCUT2D eigenvalue weighted by atomic mass is 9.90. The van der Waals surface area contributed by atoms with Gasteiger partial charge in [0.25, 0.3) is 0 Å². The van der Waals surface area contributed by atoms with Crippen LogP contribution in [0.2, 0.25) is 0 Å². The number of benzene rings is 1. The van der Waals surface area contributed by atoms with Crippen LogP contribution >= 0.6 is 0 Å². The second-order valence-corrected chi connectivity index (χ2v) is 6.54. The van der Waals surface area contributed by atoms with Gasteiger partial charge in [-0.25, -0.2) is 4.39 Å². The molecule has 1 fully saturated rings. The van der Waals surface area contributed by atoms with Crippen LogP contribution in [-0.2, 0) is 16.9 Å². The fourth-order valence-electron chi connectivity index (χ4n) is 3.18. The van der Waals surface area contributed by atoms with E-state index in [-0.39, 0.29) is 24.8 Å². The summed E-state index contributed by atoms with van der Waals surface area (Å²) in [7, 11) is 1.66. The van der Waals surface area contributed by atoms with Crippen LogP contribution in [0, 0.1) is 5.82 Å². The van der Waals surface area contributed by atoms with Crippen LogP contribution in [0.25, 0.3) is 0 Å². The third-order valence-corrected chi connectivity index (χ3v) is 4.59. The average molecular weight is 347 g/mol. The molecule has 1 unspecified atom stereocenters. The summed E-state index contributed by atoms with van der Waals surface area (Å²) in [6.45, 7) is 1.43. The maximum absolute atomic E-state index is 13.7. The van der Waals surface area contributed by atoms with E-state index in [1.807, 2.05) is 4.90 Å². The molecular weight excluding hydrogens is 325 g/mol. The van der Waals surface area contributed by atoms with Gasteiger partial charge >= 0.3 is 0 Å². The molecule has 2 N–H and O–H groups in total. The fourth-order valence-corrected chi connectivity index (χ4v) is 3.18. The molecule has 1 aliphatic rings. The zero-order valence-corrected chi connectivity index (χ0v) is 14.2. The molecule has 0 spiro atoms. The Labute approximate surface area is 145 Å². The third kappa shape index (κ3) is 4.02. The number of aliphatic hydroxyl groups is 1. The number of amides is 1. The first-order valence-corrected chi connectivity index (χ1v) is 8.26. The molecule has 0 bridgehead atoms. The van der Waals surface area contributed by atoms with Gasteiger partial charge < -0.3 is 10.0 Å². The van der Waals surface area contributed by atoms with Crippen LogP contribution in [-0.4, -0.2) is 62.9 Å². The molecule has 1 aromatic carbocycles. The van der Waals surface area contributed by atoms with Crippen molar-refractivity contribution in [3.63, 3.8) is 0 Å². The summed E-state index contributed by atoms with van der Waals surface area (Å²) in [5, 5.41) is 21.0. The second-order valence-electron chi connectivity index (χ2n) is 6.54. The van der Waals surface area contributed by atoms with Crippen LogP contribution in [0.3, 0.4) is 0 Å². The monoisotopic (exact) mass is 347 g/mol. The molecule has 0 radical (unpaired) electrons. The first-order valence-electron chi connectivity index (χ1n) is 8.26. The van der Waals surface area contributed by atoms with Crippen LogP contribution in [0.15, 0.2) is 30.5 Å². The standard InChI is InChI=1S/C17H22FN5O2/c1-22(10-13-5-2-3-6-14(13)18)16(24)11-23-8-4-7-17(25,12-23)15-9-19-21-20-15/h2-3,5-6,9,25H,4,7-8,10-12H2,1H3,(H,19,20,21). The van der Waals surface area contributed by atoms with Gasteiger partial charge in [0.2, 0.25) is 5.91 Å². The molecule has 2 heterocycles. The first-order chi connectivity index (χ1) is 12.0. The quantitative estimate of drug-likeness (QED) is 0.839. The normalized spacial score (nSPS) is 21.2. The number of nitrogens with zero attached hydrogens (tertiary/aromatic N) is 4. The number of piperidine rings is 1. The topological polar surface area (TPSA) is 85.4 Å². The van der Waals surface area contributed by atoms with E-state index >= 15 is 0 Å². The average Bonchev–Trinajstić information content (AvgIpc) is 3.12. The highest BCUT2D eigenvalue weighted by Gasteiger charge is 2.37. The van der Waals surface area contributed by atoms with Crippen molar-refractivity contribution in [2.75, 3.05) is 26.7 Å². The summed E-state index contributed by atoms with van der Waals surface area (Å²) in [6.07, 6.45) is 2.85. The van der Waals surface area contributed by atoms with Crippen molar-refractivity contribution in [3.05, 3.63) is 47.5 Å². The molecule has 1 saturated heterocycles. The summed E-state index contributed by atoms with van der Waals surface area (Å²) in [5.74, 6) is -0.437. The minimum absolute atomic E-state index is 0.118. The highest BCUT2D eigenvalue weighted by atomic mass is 19.1. The molecule has 25 heavy (non-hydrogen) atoms. The van der Waals surface area contributed by atoms with E-state index in [9.17, 15) is 14.3 Å². The van der Waals surface area contributed by atoms with E-state index in [2.05, 4.69) is 15.4 Å². The third-order valence-electron chi connectivity index (χ3n) is 4.59. The zero-order chi connectivity index (χ0) is 17.9. The molecule has 3 rings (SSSR count). The summed E-state index contributed by atoms with van der Waals surface area (Å²) in [5.41, 5.74) is -0.129. The smallest absolute Gasteiger partial charge is 0.236 e. The Hall–Kier alpha value is -2.32. The molecule has 2 aromatic rings. The van der Waals surface area contributed by atoms with Gasteiger partial charge in [0.1, 0.15) is 17.1 Å². The number of H-pyrrole nitrogens is 1. The van der Waals surface area contributed by atoms with Crippen molar-refractivity contribution >= 4 is 5.91 Å². The van der Waals surface area contributed by atoms with E-state index in [1.165, 1.54) is 17.2 Å². The Kier molecular flexibility index (Phi) is 5.10. The predicted octanol–water partition coefficient (Wildman–Crippen LogP) is 0.886. The van der Waals surface area contributed by atoms with Gasteiger partial charge in [-0.3, -0.25) is 9.69 Å². The number of carbonyl (C=O) groups excluding carboxylic acids is 1. The van der Waals surface area contributed by atoms with E-state index in [0.717, 1.165) is 13.0 Å². The molecule has 1 aliphatic heterocycles. The Bertz CT molecular complexity index is 724. The molecule has 1 amide bonds. The number of hydrogen-bond acceptors (Lipinski definition) is 5. The van der Waals surface area contributed by atoms with Gasteiger partial charge in [0.15, 0.2) is 0 Å². The predicted molar refractivity (Wildman–Crippen MR) is 88.8 cm³/mol. The number of likely N-dealkylation sites (N-methyl/N-ethyl adjacent to an activating group) is 1. The largest absolute Gasteiger partial charge is 0.382 e. The maximum Gasteiger partial charge on any atom is 0.236 e. The number of halogens is 1. The highest BCUT2D eigenvalue weighted by molar-refractivity contribution is 5.78. The first kappa shape index (κ1) is 17.5. The van der Waals surface area contributed by atoms with Crippen LogP contribution in [0.4, 0.5) is 4.39 Å². The van der Waals surface area contributed by atoms with E-state index in [0.29, 0.717) is 24.2 Å². The number of hydrogen-bond donors (Lipinski definition) is 2. The maximum atomic E-state index is 13.7. The summed E-state index contributed by atoms with van der Waals surface area (Å²) in [6, 6.07) is 6.43. The lowest BCUT2D eigenvalue weighted by molar-refractivity contribution is -0.133. The molecule has 7 nitrogen and oxygen atoms in total. The van der Waals surface area contributed by atoms with Crippen molar-refractivity contribution in [1.29, 1.82) is 0 Å². The van der Waals surface area contributed by atoms with Crippen molar-refractivity contribution in [1.82, 2.24) is 25.2 Å². The number of β-amino-alcohol motifs (C(OH)–C–C–N with tert-alkyl or cyclic N) is 1. The minimum atomic E-state index is -1.10. The van der Waals surface area contributed by atoms with Gasteiger partial charge in [0, 0.05) is 25.7 Å². The van der Waals surface area contributed by atoms with Gasteiger partial charge in [-0.15, -0.1) is 0 Å². The van der Waals surface area contributed by atoms with Crippen molar-refractivity contribution in [2.45, 2.75) is 25.0 Å². The van der Waals surface area contributed by atoms with E-state index in [4.69, 9.17) is 0 Å². The molecular formula is C17H22FN5O2. The van der Waals surface area contributed by atoms with Gasteiger partial charge in [-0.05, 0) is 25.5 Å². The minimum Gasteiger partial charge on any atom is -0.382 e. The van der Waals surface area contributed by atoms with Gasteiger partial charge in [0.05, 0.1) is 12.7 Å². The summed E-state index contributed by atoms with van der Waals surface area (Å²) < 4.78 is 13.7. The molecule has 1 atom stereocenters. The molecule has 134 valence electrons. The molecule has 0 saturated carbocycles. The van der Waals surface area contributed by atoms with Crippen LogP contribution in [0.5, 0.6) is 0 Å². The lowest BCUT2D eigenvalue weighted by Gasteiger charge is -2.38. The van der Waals surface area contributed by atoms with Crippen LogP contribution in [0.1, 0.15) is 24.1 Å². The van der Waals surface area contributed by atoms with E-state index in [1.54, 1.807) is 25.2 Å².